The largest absolute Gasteiger partial charge is 0.481 e. The molecule has 1 saturated heterocycles. The SMILES string of the molecule is CSc1ccc(OC(C)C(=O)N2CCCNCC2)cc1.Cl. The maximum atomic E-state index is 12.3. The Morgan fingerprint density at radius 2 is 2.00 bits per heavy atom. The van der Waals surface area contributed by atoms with Gasteiger partial charge in [-0.05, 0) is 50.4 Å². The number of amides is 1. The number of ether oxygens (including phenoxy) is 1. The molecule has 1 aromatic rings. The highest BCUT2D eigenvalue weighted by molar-refractivity contribution is 7.98. The summed E-state index contributed by atoms with van der Waals surface area (Å²) >= 11 is 1.69. The minimum absolute atomic E-state index is 0. The molecule has 118 valence electrons. The number of thioether (sulfide) groups is 1. The predicted molar refractivity (Wildman–Crippen MR) is 89.6 cm³/mol. The van der Waals surface area contributed by atoms with Crippen LogP contribution in [0.25, 0.3) is 0 Å². The molecule has 1 amide bonds. The lowest BCUT2D eigenvalue weighted by Crippen LogP contribution is -2.42. The quantitative estimate of drug-likeness (QED) is 0.861. The highest BCUT2D eigenvalue weighted by Crippen LogP contribution is 2.20. The minimum Gasteiger partial charge on any atom is -0.481 e. The molecule has 1 aromatic carbocycles. The summed E-state index contributed by atoms with van der Waals surface area (Å²) < 4.78 is 5.75. The predicted octanol–water partition coefficient (Wildman–Crippen LogP) is 2.42. The molecule has 0 saturated carbocycles. The van der Waals surface area contributed by atoms with Crippen LogP contribution in [0.5, 0.6) is 5.75 Å². The molecule has 0 radical (unpaired) electrons. The van der Waals surface area contributed by atoms with E-state index in [0.29, 0.717) is 0 Å². The van der Waals surface area contributed by atoms with Gasteiger partial charge in [0.05, 0.1) is 0 Å². The minimum atomic E-state index is -0.437. The number of halogens is 1. The molecule has 0 aromatic heterocycles. The third-order valence-corrected chi connectivity index (χ3v) is 4.12. The van der Waals surface area contributed by atoms with Crippen LogP contribution in [0.4, 0.5) is 0 Å². The first-order valence-corrected chi connectivity index (χ1v) is 8.23. The van der Waals surface area contributed by atoms with Crippen molar-refractivity contribution in [3.05, 3.63) is 24.3 Å². The molecule has 0 bridgehead atoms. The van der Waals surface area contributed by atoms with Crippen LogP contribution in [0.2, 0.25) is 0 Å². The van der Waals surface area contributed by atoms with Crippen molar-refractivity contribution in [3.8, 4) is 5.75 Å². The summed E-state index contributed by atoms with van der Waals surface area (Å²) in [6.45, 7) is 5.24. The smallest absolute Gasteiger partial charge is 0.263 e. The van der Waals surface area contributed by atoms with Crippen molar-refractivity contribution in [2.75, 3.05) is 32.4 Å². The van der Waals surface area contributed by atoms with Gasteiger partial charge >= 0.3 is 0 Å². The van der Waals surface area contributed by atoms with E-state index >= 15 is 0 Å². The summed E-state index contributed by atoms with van der Waals surface area (Å²) in [6.07, 6.45) is 2.60. The molecule has 2 rings (SSSR count). The van der Waals surface area contributed by atoms with Crippen LogP contribution in [0.3, 0.4) is 0 Å². The van der Waals surface area contributed by atoms with Crippen LogP contribution in [0.15, 0.2) is 29.2 Å². The van der Waals surface area contributed by atoms with Crippen molar-refractivity contribution in [1.29, 1.82) is 0 Å². The number of hydrogen-bond donors (Lipinski definition) is 1. The molecule has 1 N–H and O–H groups in total. The highest BCUT2D eigenvalue weighted by atomic mass is 35.5. The molecule has 6 heteroatoms. The Morgan fingerprint density at radius 3 is 2.67 bits per heavy atom. The fraction of sp³-hybridized carbons (Fsp3) is 0.533. The standard InChI is InChI=1S/C15H22N2O2S.ClH/c1-12(15(18)17-10-3-8-16-9-11-17)19-13-4-6-14(20-2)7-5-13;/h4-7,12,16H,3,8-11H2,1-2H3;1H. The Bertz CT molecular complexity index is 434. The van der Waals surface area contributed by atoms with Gasteiger partial charge in [0, 0.05) is 24.5 Å². The molecular weight excluding hydrogens is 308 g/mol. The van der Waals surface area contributed by atoms with Gasteiger partial charge in [0.1, 0.15) is 5.75 Å². The Hall–Kier alpha value is -0.910. The Labute approximate surface area is 137 Å². The van der Waals surface area contributed by atoms with Gasteiger partial charge in [0.15, 0.2) is 6.10 Å². The molecule has 0 spiro atoms. The van der Waals surface area contributed by atoms with Gasteiger partial charge < -0.3 is 15.0 Å². The van der Waals surface area contributed by atoms with Gasteiger partial charge in [-0.1, -0.05) is 0 Å². The van der Waals surface area contributed by atoms with Crippen molar-refractivity contribution >= 4 is 30.1 Å². The van der Waals surface area contributed by atoms with Gasteiger partial charge in [-0.3, -0.25) is 4.79 Å². The summed E-state index contributed by atoms with van der Waals surface area (Å²) in [5.41, 5.74) is 0. The summed E-state index contributed by atoms with van der Waals surface area (Å²) in [5.74, 6) is 0.819. The molecule has 1 aliphatic rings. The van der Waals surface area contributed by atoms with E-state index in [4.69, 9.17) is 4.74 Å². The fourth-order valence-electron chi connectivity index (χ4n) is 2.23. The molecule has 0 aliphatic carbocycles. The molecule has 1 aliphatic heterocycles. The van der Waals surface area contributed by atoms with Gasteiger partial charge in [0.2, 0.25) is 0 Å². The Kier molecular flexibility index (Phi) is 7.93. The van der Waals surface area contributed by atoms with Crippen LogP contribution < -0.4 is 10.1 Å². The van der Waals surface area contributed by atoms with Crippen molar-refractivity contribution in [2.24, 2.45) is 0 Å². The second-order valence-corrected chi connectivity index (χ2v) is 5.74. The maximum absolute atomic E-state index is 12.3. The van der Waals surface area contributed by atoms with E-state index in [-0.39, 0.29) is 18.3 Å². The van der Waals surface area contributed by atoms with E-state index in [0.717, 1.165) is 38.3 Å². The number of nitrogens with zero attached hydrogens (tertiary/aromatic N) is 1. The summed E-state index contributed by atoms with van der Waals surface area (Å²) in [5, 5.41) is 3.30. The topological polar surface area (TPSA) is 41.6 Å². The molecule has 1 heterocycles. The number of benzene rings is 1. The molecule has 1 atom stereocenters. The van der Waals surface area contributed by atoms with Crippen LogP contribution in [-0.2, 0) is 4.79 Å². The van der Waals surface area contributed by atoms with E-state index in [9.17, 15) is 4.79 Å². The molecule has 1 fully saturated rings. The summed E-state index contributed by atoms with van der Waals surface area (Å²) in [4.78, 5) is 15.4. The van der Waals surface area contributed by atoms with Gasteiger partial charge in [-0.15, -0.1) is 24.2 Å². The number of hydrogen-bond acceptors (Lipinski definition) is 4. The maximum Gasteiger partial charge on any atom is 0.263 e. The van der Waals surface area contributed by atoms with E-state index in [1.165, 1.54) is 4.90 Å². The first-order chi connectivity index (χ1) is 9.70. The normalized spacial score (nSPS) is 16.6. The number of nitrogens with one attached hydrogen (secondary N) is 1. The molecule has 4 nitrogen and oxygen atoms in total. The number of carbonyl (C=O) groups excluding carboxylic acids is 1. The van der Waals surface area contributed by atoms with E-state index < -0.39 is 6.10 Å². The van der Waals surface area contributed by atoms with Crippen molar-refractivity contribution in [3.63, 3.8) is 0 Å². The second kappa shape index (κ2) is 9.18. The van der Waals surface area contributed by atoms with Crippen LogP contribution in [0, 0.1) is 0 Å². The van der Waals surface area contributed by atoms with Crippen molar-refractivity contribution < 1.29 is 9.53 Å². The average molecular weight is 331 g/mol. The summed E-state index contributed by atoms with van der Waals surface area (Å²) in [6, 6.07) is 7.85. The molecule has 21 heavy (non-hydrogen) atoms. The second-order valence-electron chi connectivity index (χ2n) is 4.86. The zero-order chi connectivity index (χ0) is 14.4. The van der Waals surface area contributed by atoms with Crippen LogP contribution >= 0.6 is 24.2 Å². The first kappa shape index (κ1) is 18.1. The fourth-order valence-corrected chi connectivity index (χ4v) is 2.64. The summed E-state index contributed by atoms with van der Waals surface area (Å²) in [7, 11) is 0. The number of carbonyl (C=O) groups is 1. The third-order valence-electron chi connectivity index (χ3n) is 3.37. The lowest BCUT2D eigenvalue weighted by atomic mass is 10.3. The number of rotatable bonds is 4. The molecular formula is C15H23ClN2O2S. The van der Waals surface area contributed by atoms with Crippen molar-refractivity contribution in [1.82, 2.24) is 10.2 Å². The first-order valence-electron chi connectivity index (χ1n) is 7.01. The van der Waals surface area contributed by atoms with E-state index in [2.05, 4.69) is 5.32 Å². The lowest BCUT2D eigenvalue weighted by Gasteiger charge is -2.24. The van der Waals surface area contributed by atoms with E-state index in [1.807, 2.05) is 42.3 Å². The monoisotopic (exact) mass is 330 g/mol. The molecule has 1 unspecified atom stereocenters. The van der Waals surface area contributed by atoms with Gasteiger partial charge in [-0.25, -0.2) is 0 Å². The Balaban J connectivity index is 0.00000220. The van der Waals surface area contributed by atoms with Crippen LogP contribution in [-0.4, -0.2) is 49.3 Å². The highest BCUT2D eigenvalue weighted by Gasteiger charge is 2.22. The van der Waals surface area contributed by atoms with Crippen LogP contribution in [0.1, 0.15) is 13.3 Å². The Morgan fingerprint density at radius 1 is 1.29 bits per heavy atom. The zero-order valence-corrected chi connectivity index (χ0v) is 14.1. The third kappa shape index (κ3) is 5.41. The zero-order valence-electron chi connectivity index (χ0n) is 12.5. The van der Waals surface area contributed by atoms with Gasteiger partial charge in [-0.2, -0.15) is 0 Å². The van der Waals surface area contributed by atoms with Gasteiger partial charge in [0.25, 0.3) is 5.91 Å². The lowest BCUT2D eigenvalue weighted by molar-refractivity contribution is -0.137. The van der Waals surface area contributed by atoms with Crippen molar-refractivity contribution in [2.45, 2.75) is 24.3 Å². The average Bonchev–Trinajstić information content (AvgIpc) is 2.76. The van der Waals surface area contributed by atoms with E-state index in [1.54, 1.807) is 11.8 Å².